The zero-order valence-corrected chi connectivity index (χ0v) is 37.6. The summed E-state index contributed by atoms with van der Waals surface area (Å²) in [6.07, 6.45) is 0. The van der Waals surface area contributed by atoms with E-state index in [1.54, 1.807) is 0 Å². The molecule has 318 valence electrons. The van der Waals surface area contributed by atoms with Crippen molar-refractivity contribution in [2.45, 2.75) is 0 Å². The van der Waals surface area contributed by atoms with Crippen LogP contribution >= 0.6 is 11.3 Å². The molecule has 0 N–H and O–H groups in total. The predicted octanol–water partition coefficient (Wildman–Crippen LogP) is 18.7. The number of benzene rings is 11. The van der Waals surface area contributed by atoms with Crippen LogP contribution in [0.4, 0.5) is 17.1 Å². The molecule has 14 aromatic rings. The van der Waals surface area contributed by atoms with Crippen LogP contribution in [0.25, 0.3) is 114 Å². The van der Waals surface area contributed by atoms with Crippen molar-refractivity contribution in [1.29, 1.82) is 0 Å². The topological polar surface area (TPSA) is 21.3 Å². The van der Waals surface area contributed by atoms with Gasteiger partial charge < -0.3 is 13.9 Å². The van der Waals surface area contributed by atoms with E-state index in [0.717, 1.165) is 61.4 Å². The van der Waals surface area contributed by atoms with Crippen LogP contribution in [0.2, 0.25) is 0 Å². The van der Waals surface area contributed by atoms with Crippen molar-refractivity contribution in [3.63, 3.8) is 0 Å². The summed E-state index contributed by atoms with van der Waals surface area (Å²) in [7, 11) is 0. The van der Waals surface area contributed by atoms with Crippen LogP contribution < -0.4 is 4.90 Å². The van der Waals surface area contributed by atoms with Crippen molar-refractivity contribution in [1.82, 2.24) is 4.57 Å². The average molecular weight is 885 g/mol. The van der Waals surface area contributed by atoms with E-state index in [-0.39, 0.29) is 0 Å². The fourth-order valence-electron chi connectivity index (χ4n) is 10.6. The maximum absolute atomic E-state index is 6.96. The van der Waals surface area contributed by atoms with Crippen LogP contribution in [-0.2, 0) is 0 Å². The SMILES string of the molecule is c1cc(-c2cccc3ccccc23)cc(N(c2ccc(-c3ccc4sc5ccccc5c4c3)cc2)c2ccc(-c3ccc(-n4c5ccccc5c5ccccc54)cc3)c3oc4ccccc4c23)c1. The third kappa shape index (κ3) is 6.12. The van der Waals surface area contributed by atoms with Crippen molar-refractivity contribution in [3.05, 3.63) is 243 Å². The summed E-state index contributed by atoms with van der Waals surface area (Å²) in [4.78, 5) is 2.41. The number of fused-ring (bicyclic) bond motifs is 10. The highest BCUT2D eigenvalue weighted by Crippen LogP contribution is 2.48. The van der Waals surface area contributed by atoms with Crippen molar-refractivity contribution in [2.75, 3.05) is 4.90 Å². The summed E-state index contributed by atoms with van der Waals surface area (Å²) in [5.41, 5.74) is 15.3. The molecule has 0 bridgehead atoms. The van der Waals surface area contributed by atoms with Gasteiger partial charge in [0.05, 0.1) is 22.1 Å². The molecule has 3 aromatic heterocycles. The molecule has 4 heteroatoms. The third-order valence-corrected chi connectivity index (χ3v) is 15.0. The van der Waals surface area contributed by atoms with E-state index in [1.165, 1.54) is 69.4 Å². The molecule has 0 aliphatic carbocycles. The summed E-state index contributed by atoms with van der Waals surface area (Å²) < 4.78 is 12.0. The predicted molar refractivity (Wildman–Crippen MR) is 289 cm³/mol. The number of anilines is 3. The number of furan rings is 1. The minimum absolute atomic E-state index is 0.856. The number of hydrogen-bond acceptors (Lipinski definition) is 3. The number of nitrogens with zero attached hydrogens (tertiary/aromatic N) is 2. The monoisotopic (exact) mass is 884 g/mol. The molecule has 14 rings (SSSR count). The van der Waals surface area contributed by atoms with Gasteiger partial charge in [0, 0.05) is 59.0 Å². The molecule has 0 atom stereocenters. The van der Waals surface area contributed by atoms with Crippen molar-refractivity contribution < 1.29 is 4.42 Å². The lowest BCUT2D eigenvalue weighted by molar-refractivity contribution is 0.670. The van der Waals surface area contributed by atoms with Gasteiger partial charge in [-0.25, -0.2) is 0 Å². The van der Waals surface area contributed by atoms with Crippen LogP contribution in [0.15, 0.2) is 247 Å². The molecule has 0 saturated heterocycles. The Morgan fingerprint density at radius 3 is 1.81 bits per heavy atom. The highest BCUT2D eigenvalue weighted by molar-refractivity contribution is 7.25. The quantitative estimate of drug-likeness (QED) is 0.159. The Hall–Kier alpha value is -8.70. The average Bonchev–Trinajstić information content (AvgIpc) is 4.09. The smallest absolute Gasteiger partial charge is 0.145 e. The lowest BCUT2D eigenvalue weighted by Crippen LogP contribution is -2.10. The van der Waals surface area contributed by atoms with Crippen molar-refractivity contribution in [2.24, 2.45) is 0 Å². The number of aromatic nitrogens is 1. The summed E-state index contributed by atoms with van der Waals surface area (Å²) in [6.45, 7) is 0. The van der Waals surface area contributed by atoms with E-state index in [2.05, 4.69) is 252 Å². The van der Waals surface area contributed by atoms with Gasteiger partial charge in [0.15, 0.2) is 0 Å². The maximum atomic E-state index is 6.96. The van der Waals surface area contributed by atoms with Crippen LogP contribution in [0, 0.1) is 0 Å². The van der Waals surface area contributed by atoms with Gasteiger partial charge in [-0.15, -0.1) is 11.3 Å². The highest BCUT2D eigenvalue weighted by atomic mass is 32.1. The summed E-state index contributed by atoms with van der Waals surface area (Å²) >= 11 is 1.85. The Balaban J connectivity index is 0.937. The molecule has 0 aliphatic heterocycles. The minimum Gasteiger partial charge on any atom is -0.455 e. The Morgan fingerprint density at radius 2 is 1.00 bits per heavy atom. The van der Waals surface area contributed by atoms with Crippen LogP contribution in [0.5, 0.6) is 0 Å². The van der Waals surface area contributed by atoms with E-state index in [9.17, 15) is 0 Å². The van der Waals surface area contributed by atoms with Crippen molar-refractivity contribution in [3.8, 4) is 39.1 Å². The van der Waals surface area contributed by atoms with Gasteiger partial charge in [0.1, 0.15) is 11.2 Å². The third-order valence-electron chi connectivity index (χ3n) is 13.8. The standard InChI is InChI=1S/C64H40N2OS/c1-2-17-49-42(13-1)14-12-22-50(49)45-15-11-16-48(39-45)65(46-32-27-41(28-33-46)44-31-38-62-56(40-44)54-20-6-10-26-61(54)68-62)59-37-36-51(64-63(59)55-21-5-9-25-60(55)67-64)43-29-34-47(35-30-43)66-57-23-7-3-18-52(57)53-19-4-8-24-58(53)66/h1-40H. The van der Waals surface area contributed by atoms with Gasteiger partial charge in [-0.1, -0.05) is 158 Å². The van der Waals surface area contributed by atoms with Gasteiger partial charge in [-0.3, -0.25) is 0 Å². The maximum Gasteiger partial charge on any atom is 0.145 e. The Bertz CT molecular complexity index is 4210. The molecule has 0 radical (unpaired) electrons. The molecule has 0 saturated carbocycles. The number of para-hydroxylation sites is 3. The molecule has 11 aromatic carbocycles. The van der Waals surface area contributed by atoms with E-state index in [1.807, 2.05) is 11.3 Å². The molecule has 3 nitrogen and oxygen atoms in total. The first-order chi connectivity index (χ1) is 33.7. The molecular formula is C64H40N2OS. The van der Waals surface area contributed by atoms with Gasteiger partial charge in [-0.2, -0.15) is 0 Å². The van der Waals surface area contributed by atoms with E-state index in [4.69, 9.17) is 4.42 Å². The Labute approximate surface area is 396 Å². The Kier molecular flexibility index (Phi) is 8.76. The molecule has 68 heavy (non-hydrogen) atoms. The first-order valence-corrected chi connectivity index (χ1v) is 24.0. The largest absolute Gasteiger partial charge is 0.455 e. The first kappa shape index (κ1) is 38.6. The highest BCUT2D eigenvalue weighted by Gasteiger charge is 2.23. The Morgan fingerprint density at radius 1 is 0.368 bits per heavy atom. The molecule has 0 spiro atoms. The molecule has 0 amide bonds. The lowest BCUT2D eigenvalue weighted by Gasteiger charge is -2.27. The fraction of sp³-hybridized carbons (Fsp3) is 0. The molecular weight excluding hydrogens is 845 g/mol. The summed E-state index contributed by atoms with van der Waals surface area (Å²) in [5, 5.41) is 9.71. The van der Waals surface area contributed by atoms with Crippen LogP contribution in [-0.4, -0.2) is 4.57 Å². The van der Waals surface area contributed by atoms with Crippen LogP contribution in [0.1, 0.15) is 0 Å². The molecule has 0 fully saturated rings. The second kappa shape index (κ2) is 15.5. The minimum atomic E-state index is 0.856. The zero-order chi connectivity index (χ0) is 44.7. The fourth-order valence-corrected chi connectivity index (χ4v) is 11.7. The van der Waals surface area contributed by atoms with Gasteiger partial charge in [-0.05, 0) is 124 Å². The first-order valence-electron chi connectivity index (χ1n) is 23.2. The van der Waals surface area contributed by atoms with Gasteiger partial charge >= 0.3 is 0 Å². The molecule has 0 unspecified atom stereocenters. The van der Waals surface area contributed by atoms with E-state index in [0.29, 0.717) is 0 Å². The van der Waals surface area contributed by atoms with Gasteiger partial charge in [0.25, 0.3) is 0 Å². The van der Waals surface area contributed by atoms with Gasteiger partial charge in [0.2, 0.25) is 0 Å². The normalized spacial score (nSPS) is 11.8. The van der Waals surface area contributed by atoms with E-state index < -0.39 is 0 Å². The number of rotatable bonds is 7. The summed E-state index contributed by atoms with van der Waals surface area (Å²) in [6, 6.07) is 88.1. The van der Waals surface area contributed by atoms with E-state index >= 15 is 0 Å². The number of hydrogen-bond donors (Lipinski definition) is 0. The van der Waals surface area contributed by atoms with Crippen molar-refractivity contribution >= 4 is 103 Å². The zero-order valence-electron chi connectivity index (χ0n) is 36.8. The molecule has 0 aliphatic rings. The van der Waals surface area contributed by atoms with Crippen LogP contribution in [0.3, 0.4) is 0 Å². The lowest BCUT2D eigenvalue weighted by atomic mass is 9.97. The second-order valence-electron chi connectivity index (χ2n) is 17.6. The summed E-state index contributed by atoms with van der Waals surface area (Å²) in [5.74, 6) is 0. The second-order valence-corrected chi connectivity index (χ2v) is 18.7. The number of thiophene rings is 1. The molecule has 3 heterocycles.